The first-order chi connectivity index (χ1) is 8.70. The van der Waals surface area contributed by atoms with Gasteiger partial charge in [0.05, 0.1) is 0 Å². The maximum Gasteiger partial charge on any atom is 0.407 e. The molecule has 1 aromatic heterocycles. The number of ether oxygens (including phenoxy) is 1. The maximum absolute atomic E-state index is 11.5. The van der Waals surface area contributed by atoms with E-state index in [1.165, 1.54) is 0 Å². The minimum absolute atomic E-state index is 0.273. The molecule has 0 bridgehead atoms. The van der Waals surface area contributed by atoms with E-state index < -0.39 is 11.7 Å². The van der Waals surface area contributed by atoms with Gasteiger partial charge in [0, 0.05) is 19.0 Å². The van der Waals surface area contributed by atoms with E-state index >= 15 is 0 Å². The minimum atomic E-state index is -0.487. The van der Waals surface area contributed by atoms with Crippen molar-refractivity contribution in [1.29, 1.82) is 0 Å². The molecule has 19 heavy (non-hydrogen) atoms. The highest BCUT2D eigenvalue weighted by molar-refractivity contribution is 7.71. The Bertz CT molecular complexity index is 485. The van der Waals surface area contributed by atoms with Crippen molar-refractivity contribution in [1.82, 2.24) is 20.1 Å². The van der Waals surface area contributed by atoms with Crippen LogP contribution in [0.15, 0.2) is 0 Å². The molecular formula is C12H22N4O2S. The fraction of sp³-hybridized carbons (Fsp3) is 0.750. The Morgan fingerprint density at radius 1 is 1.53 bits per heavy atom. The third-order valence-electron chi connectivity index (χ3n) is 2.31. The highest BCUT2D eigenvalue weighted by Crippen LogP contribution is 2.11. The Morgan fingerprint density at radius 3 is 2.68 bits per heavy atom. The highest BCUT2D eigenvalue weighted by atomic mass is 32.1. The molecule has 0 atom stereocenters. The molecule has 6 nitrogen and oxygen atoms in total. The third-order valence-corrected chi connectivity index (χ3v) is 2.62. The lowest BCUT2D eigenvalue weighted by Gasteiger charge is -2.19. The molecule has 108 valence electrons. The molecule has 0 radical (unpaired) electrons. The highest BCUT2D eigenvalue weighted by Gasteiger charge is 2.16. The summed E-state index contributed by atoms with van der Waals surface area (Å²) in [6.07, 6.45) is -0.423. The van der Waals surface area contributed by atoms with Crippen LogP contribution in [0, 0.1) is 4.77 Å². The van der Waals surface area contributed by atoms with Crippen molar-refractivity contribution in [3.8, 4) is 0 Å². The van der Waals surface area contributed by atoms with Crippen molar-refractivity contribution in [2.45, 2.75) is 52.7 Å². The number of aromatic amines is 1. The van der Waals surface area contributed by atoms with E-state index in [1.807, 2.05) is 39.2 Å². The lowest BCUT2D eigenvalue weighted by molar-refractivity contribution is 0.0526. The average Bonchev–Trinajstić information content (AvgIpc) is 2.58. The summed E-state index contributed by atoms with van der Waals surface area (Å²) in [6.45, 7) is 10.6. The van der Waals surface area contributed by atoms with E-state index in [0.717, 1.165) is 5.82 Å². The zero-order chi connectivity index (χ0) is 14.6. The number of nitrogens with zero attached hydrogens (tertiary/aromatic N) is 2. The van der Waals surface area contributed by atoms with Crippen LogP contribution in [0.3, 0.4) is 0 Å². The number of hydrogen-bond donors (Lipinski definition) is 2. The van der Waals surface area contributed by atoms with Crippen molar-refractivity contribution in [2.24, 2.45) is 0 Å². The topological polar surface area (TPSA) is 71.9 Å². The Morgan fingerprint density at radius 2 is 2.16 bits per heavy atom. The molecule has 0 fully saturated rings. The van der Waals surface area contributed by atoms with Crippen LogP contribution < -0.4 is 5.32 Å². The summed E-state index contributed by atoms with van der Waals surface area (Å²) in [5.41, 5.74) is -0.487. The van der Waals surface area contributed by atoms with Gasteiger partial charge in [0.1, 0.15) is 11.4 Å². The first-order valence-electron chi connectivity index (χ1n) is 6.32. The van der Waals surface area contributed by atoms with E-state index in [-0.39, 0.29) is 5.92 Å². The Kier molecular flexibility index (Phi) is 5.11. The largest absolute Gasteiger partial charge is 0.444 e. The van der Waals surface area contributed by atoms with Gasteiger partial charge in [-0.2, -0.15) is 5.10 Å². The third kappa shape index (κ3) is 5.02. The van der Waals surface area contributed by atoms with Gasteiger partial charge in [0.15, 0.2) is 4.77 Å². The first kappa shape index (κ1) is 15.7. The van der Waals surface area contributed by atoms with Crippen molar-refractivity contribution < 1.29 is 9.53 Å². The fourth-order valence-corrected chi connectivity index (χ4v) is 1.80. The number of rotatable bonds is 4. The summed E-state index contributed by atoms with van der Waals surface area (Å²) in [4.78, 5) is 11.5. The second-order valence-corrected chi connectivity index (χ2v) is 6.01. The van der Waals surface area contributed by atoms with E-state index in [9.17, 15) is 4.79 Å². The zero-order valence-electron chi connectivity index (χ0n) is 12.1. The summed E-state index contributed by atoms with van der Waals surface area (Å²) in [6, 6.07) is 0. The van der Waals surface area contributed by atoms with Gasteiger partial charge in [-0.3, -0.25) is 5.10 Å². The van der Waals surface area contributed by atoms with Crippen LogP contribution in [0.25, 0.3) is 0 Å². The second-order valence-electron chi connectivity index (χ2n) is 5.62. The standard InChI is InChI=1S/C12H22N4O2S/c1-8(2)9-14-15-10(19)16(9)7-6-13-11(17)18-12(3,4)5/h8H,6-7H2,1-5H3,(H,13,17)(H,15,19). The number of carbonyl (C=O) groups excluding carboxylic acids is 1. The van der Waals surface area contributed by atoms with Gasteiger partial charge in [-0.1, -0.05) is 13.8 Å². The molecule has 2 N–H and O–H groups in total. The number of amides is 1. The summed E-state index contributed by atoms with van der Waals surface area (Å²) in [7, 11) is 0. The van der Waals surface area contributed by atoms with Gasteiger partial charge in [-0.25, -0.2) is 4.79 Å². The van der Waals surface area contributed by atoms with Gasteiger partial charge in [0.25, 0.3) is 0 Å². The minimum Gasteiger partial charge on any atom is -0.444 e. The number of nitrogens with one attached hydrogen (secondary N) is 2. The smallest absolute Gasteiger partial charge is 0.407 e. The molecular weight excluding hydrogens is 264 g/mol. The average molecular weight is 286 g/mol. The van der Waals surface area contributed by atoms with Crippen LogP contribution in [-0.2, 0) is 11.3 Å². The molecule has 0 aliphatic carbocycles. The summed E-state index contributed by atoms with van der Waals surface area (Å²) in [5, 5.41) is 9.64. The number of aromatic nitrogens is 3. The van der Waals surface area contributed by atoms with Crippen molar-refractivity contribution in [3.05, 3.63) is 10.6 Å². The summed E-state index contributed by atoms with van der Waals surface area (Å²) < 4.78 is 7.61. The predicted molar refractivity (Wildman–Crippen MR) is 75.7 cm³/mol. The van der Waals surface area contributed by atoms with Crippen LogP contribution in [-0.4, -0.2) is 33.0 Å². The fourth-order valence-electron chi connectivity index (χ4n) is 1.57. The van der Waals surface area contributed by atoms with E-state index in [1.54, 1.807) is 0 Å². The maximum atomic E-state index is 11.5. The zero-order valence-corrected chi connectivity index (χ0v) is 12.9. The molecule has 1 rings (SSSR count). The van der Waals surface area contributed by atoms with Crippen LogP contribution in [0.1, 0.15) is 46.4 Å². The molecule has 0 saturated heterocycles. The van der Waals surface area contributed by atoms with Crippen LogP contribution in [0.4, 0.5) is 4.79 Å². The van der Waals surface area contributed by atoms with E-state index in [2.05, 4.69) is 15.5 Å². The summed E-state index contributed by atoms with van der Waals surface area (Å²) >= 11 is 5.16. The van der Waals surface area contributed by atoms with Gasteiger partial charge in [-0.05, 0) is 33.0 Å². The second kappa shape index (κ2) is 6.18. The molecule has 1 aromatic rings. The molecule has 1 amide bonds. The van der Waals surface area contributed by atoms with Crippen molar-refractivity contribution in [3.63, 3.8) is 0 Å². The van der Waals surface area contributed by atoms with Gasteiger partial charge >= 0.3 is 6.09 Å². The van der Waals surface area contributed by atoms with Gasteiger partial charge in [-0.15, -0.1) is 0 Å². The molecule has 0 aromatic carbocycles. The molecule has 0 saturated carbocycles. The predicted octanol–water partition coefficient (Wildman–Crippen LogP) is 2.59. The molecule has 0 aliphatic heterocycles. The first-order valence-corrected chi connectivity index (χ1v) is 6.73. The van der Waals surface area contributed by atoms with E-state index in [4.69, 9.17) is 17.0 Å². The summed E-state index contributed by atoms with van der Waals surface area (Å²) in [5.74, 6) is 1.16. The number of carbonyl (C=O) groups is 1. The monoisotopic (exact) mass is 286 g/mol. The SMILES string of the molecule is CC(C)c1n[nH]c(=S)n1CCNC(=O)OC(C)(C)C. The van der Waals surface area contributed by atoms with Crippen molar-refractivity contribution >= 4 is 18.3 Å². The normalized spacial score (nSPS) is 11.7. The Labute approximate surface area is 118 Å². The lowest BCUT2D eigenvalue weighted by Crippen LogP contribution is -2.34. The quantitative estimate of drug-likeness (QED) is 0.835. The van der Waals surface area contributed by atoms with Crippen molar-refractivity contribution in [2.75, 3.05) is 6.54 Å². The van der Waals surface area contributed by atoms with E-state index in [0.29, 0.717) is 17.9 Å². The van der Waals surface area contributed by atoms with Gasteiger partial charge in [0.2, 0.25) is 0 Å². The number of H-pyrrole nitrogens is 1. The Hall–Kier alpha value is -1.37. The van der Waals surface area contributed by atoms with Gasteiger partial charge < -0.3 is 14.6 Å². The lowest BCUT2D eigenvalue weighted by atomic mass is 10.2. The Balaban J connectivity index is 2.52. The molecule has 0 spiro atoms. The van der Waals surface area contributed by atoms with Crippen LogP contribution in [0.5, 0.6) is 0 Å². The molecule has 1 heterocycles. The van der Waals surface area contributed by atoms with Crippen LogP contribution in [0.2, 0.25) is 0 Å². The number of alkyl carbamates (subject to hydrolysis) is 1. The number of hydrogen-bond acceptors (Lipinski definition) is 4. The molecule has 0 aliphatic rings. The van der Waals surface area contributed by atoms with Crippen LogP contribution >= 0.6 is 12.2 Å². The molecule has 7 heteroatoms. The molecule has 0 unspecified atom stereocenters.